The Labute approximate surface area is 165 Å². The smallest absolute Gasteiger partial charge is 0.280 e. The standard InChI is InChI=1S/C22H16FN3O3/c1-29-19-9-5-3-7-17(19)24-22(28)20-21(27)16-6-2-4-8-18(16)26(25-20)15-12-10-14(23)11-13-15/h2-13H,1H3,(H,24,28). The number of hydrogen-bond donors (Lipinski definition) is 1. The van der Waals surface area contributed by atoms with Crippen LogP contribution in [0.2, 0.25) is 0 Å². The normalized spacial score (nSPS) is 10.7. The highest BCUT2D eigenvalue weighted by Crippen LogP contribution is 2.23. The zero-order valence-corrected chi connectivity index (χ0v) is 15.4. The van der Waals surface area contributed by atoms with Gasteiger partial charge in [-0.05, 0) is 48.5 Å². The van der Waals surface area contributed by atoms with Gasteiger partial charge in [0.25, 0.3) is 5.91 Å². The Hall–Kier alpha value is -4.00. The number of nitrogens with zero attached hydrogens (tertiary/aromatic N) is 2. The van der Waals surface area contributed by atoms with E-state index in [4.69, 9.17) is 4.74 Å². The molecule has 0 spiro atoms. The Morgan fingerprint density at radius 2 is 1.69 bits per heavy atom. The van der Waals surface area contributed by atoms with Crippen molar-refractivity contribution in [3.05, 3.63) is 94.5 Å². The summed E-state index contributed by atoms with van der Waals surface area (Å²) in [5, 5.41) is 7.28. The minimum Gasteiger partial charge on any atom is -0.495 e. The maximum absolute atomic E-state index is 13.3. The number of amides is 1. The Bertz CT molecular complexity index is 1270. The lowest BCUT2D eigenvalue weighted by Crippen LogP contribution is -2.27. The number of methoxy groups -OCH3 is 1. The van der Waals surface area contributed by atoms with Crippen LogP contribution >= 0.6 is 0 Å². The minimum absolute atomic E-state index is 0.279. The van der Waals surface area contributed by atoms with E-state index in [9.17, 15) is 14.0 Å². The third kappa shape index (κ3) is 3.45. The number of halogens is 1. The van der Waals surface area contributed by atoms with Gasteiger partial charge in [0.2, 0.25) is 5.43 Å². The number of ether oxygens (including phenoxy) is 1. The van der Waals surface area contributed by atoms with Crippen LogP contribution in [0.4, 0.5) is 10.1 Å². The monoisotopic (exact) mass is 389 g/mol. The van der Waals surface area contributed by atoms with Gasteiger partial charge < -0.3 is 10.1 Å². The van der Waals surface area contributed by atoms with Crippen molar-refractivity contribution in [3.8, 4) is 11.4 Å². The van der Waals surface area contributed by atoms with Gasteiger partial charge in [0.05, 0.1) is 29.4 Å². The molecule has 144 valence electrons. The predicted octanol–water partition coefficient (Wildman–Crippen LogP) is 3.79. The predicted molar refractivity (Wildman–Crippen MR) is 108 cm³/mol. The first-order chi connectivity index (χ1) is 14.1. The van der Waals surface area contributed by atoms with E-state index in [1.807, 2.05) is 0 Å². The summed E-state index contributed by atoms with van der Waals surface area (Å²) in [6.07, 6.45) is 0. The molecule has 0 atom stereocenters. The van der Waals surface area contributed by atoms with Crippen LogP contribution < -0.4 is 15.5 Å². The van der Waals surface area contributed by atoms with Gasteiger partial charge in [0.15, 0.2) is 5.69 Å². The van der Waals surface area contributed by atoms with Crippen molar-refractivity contribution in [2.45, 2.75) is 0 Å². The summed E-state index contributed by atoms with van der Waals surface area (Å²) in [5.41, 5.74) is 0.680. The van der Waals surface area contributed by atoms with E-state index in [-0.39, 0.29) is 5.69 Å². The van der Waals surface area contributed by atoms with Gasteiger partial charge in [-0.2, -0.15) is 5.10 Å². The number of carbonyl (C=O) groups excluding carboxylic acids is 1. The Morgan fingerprint density at radius 1 is 1.00 bits per heavy atom. The van der Waals surface area contributed by atoms with Crippen molar-refractivity contribution in [2.24, 2.45) is 0 Å². The van der Waals surface area contributed by atoms with Gasteiger partial charge in [-0.1, -0.05) is 24.3 Å². The fourth-order valence-electron chi connectivity index (χ4n) is 3.03. The van der Waals surface area contributed by atoms with Crippen molar-refractivity contribution in [3.63, 3.8) is 0 Å². The topological polar surface area (TPSA) is 73.2 Å². The fraction of sp³-hybridized carbons (Fsp3) is 0.0455. The molecule has 0 bridgehead atoms. The van der Waals surface area contributed by atoms with Gasteiger partial charge >= 0.3 is 0 Å². The van der Waals surface area contributed by atoms with Crippen LogP contribution in [0.1, 0.15) is 10.5 Å². The molecule has 0 aliphatic carbocycles. The average molecular weight is 389 g/mol. The highest BCUT2D eigenvalue weighted by atomic mass is 19.1. The molecule has 0 saturated carbocycles. The molecule has 7 heteroatoms. The van der Waals surface area contributed by atoms with Crippen LogP contribution in [-0.4, -0.2) is 22.8 Å². The van der Waals surface area contributed by atoms with Crippen LogP contribution in [0, 0.1) is 5.82 Å². The van der Waals surface area contributed by atoms with E-state index in [1.165, 1.54) is 36.1 Å². The number of para-hydroxylation sites is 3. The lowest BCUT2D eigenvalue weighted by Gasteiger charge is -2.13. The molecule has 0 aliphatic rings. The summed E-state index contributed by atoms with van der Waals surface area (Å²) in [4.78, 5) is 25.8. The Balaban J connectivity index is 1.86. The lowest BCUT2D eigenvalue weighted by molar-refractivity contribution is 0.101. The van der Waals surface area contributed by atoms with Crippen LogP contribution in [0.3, 0.4) is 0 Å². The SMILES string of the molecule is COc1ccccc1NC(=O)c1nn(-c2ccc(F)cc2)c2ccccc2c1=O. The lowest BCUT2D eigenvalue weighted by atomic mass is 10.1. The third-order valence-corrected chi connectivity index (χ3v) is 4.43. The van der Waals surface area contributed by atoms with Crippen molar-refractivity contribution in [2.75, 3.05) is 12.4 Å². The quantitative estimate of drug-likeness (QED) is 0.576. The van der Waals surface area contributed by atoms with E-state index in [1.54, 1.807) is 48.5 Å². The molecule has 4 aromatic rings. The summed E-state index contributed by atoms with van der Waals surface area (Å²) < 4.78 is 20.0. The summed E-state index contributed by atoms with van der Waals surface area (Å²) in [6.45, 7) is 0. The van der Waals surface area contributed by atoms with E-state index in [2.05, 4.69) is 10.4 Å². The van der Waals surface area contributed by atoms with Crippen molar-refractivity contribution >= 4 is 22.5 Å². The second-order valence-corrected chi connectivity index (χ2v) is 6.24. The Kier molecular flexibility index (Phi) is 4.78. The third-order valence-electron chi connectivity index (χ3n) is 4.43. The summed E-state index contributed by atoms with van der Waals surface area (Å²) in [6, 6.07) is 19.3. The summed E-state index contributed by atoms with van der Waals surface area (Å²) in [7, 11) is 1.49. The summed E-state index contributed by atoms with van der Waals surface area (Å²) in [5.74, 6) is -0.602. The van der Waals surface area contributed by atoms with Crippen molar-refractivity contribution in [1.82, 2.24) is 9.78 Å². The molecule has 1 N–H and O–H groups in total. The van der Waals surface area contributed by atoms with Crippen molar-refractivity contribution in [1.29, 1.82) is 0 Å². The number of benzene rings is 3. The van der Waals surface area contributed by atoms with Crippen molar-refractivity contribution < 1.29 is 13.9 Å². The van der Waals surface area contributed by atoms with Gasteiger partial charge in [-0.15, -0.1) is 0 Å². The average Bonchev–Trinajstić information content (AvgIpc) is 2.75. The molecule has 0 unspecified atom stereocenters. The maximum Gasteiger partial charge on any atom is 0.280 e. The maximum atomic E-state index is 13.3. The highest BCUT2D eigenvalue weighted by Gasteiger charge is 2.19. The number of nitrogens with one attached hydrogen (secondary N) is 1. The number of hydrogen-bond acceptors (Lipinski definition) is 4. The van der Waals surface area contributed by atoms with Crippen LogP contribution in [0.5, 0.6) is 5.75 Å². The second kappa shape index (κ2) is 7.55. The molecule has 0 aliphatic heterocycles. The van der Waals surface area contributed by atoms with Gasteiger partial charge in [0.1, 0.15) is 11.6 Å². The molecule has 29 heavy (non-hydrogen) atoms. The van der Waals surface area contributed by atoms with Crippen LogP contribution in [-0.2, 0) is 0 Å². The Morgan fingerprint density at radius 3 is 2.45 bits per heavy atom. The highest BCUT2D eigenvalue weighted by molar-refractivity contribution is 6.05. The molecule has 0 radical (unpaired) electrons. The number of fused-ring (bicyclic) bond motifs is 1. The fourth-order valence-corrected chi connectivity index (χ4v) is 3.03. The summed E-state index contributed by atoms with van der Waals surface area (Å²) >= 11 is 0. The van der Waals surface area contributed by atoms with Crippen LogP contribution in [0.15, 0.2) is 77.6 Å². The number of aromatic nitrogens is 2. The van der Waals surface area contributed by atoms with E-state index in [0.29, 0.717) is 28.0 Å². The first kappa shape index (κ1) is 18.4. The van der Waals surface area contributed by atoms with E-state index < -0.39 is 17.2 Å². The van der Waals surface area contributed by atoms with Gasteiger partial charge in [-0.25, -0.2) is 9.07 Å². The molecule has 1 amide bonds. The largest absolute Gasteiger partial charge is 0.495 e. The second-order valence-electron chi connectivity index (χ2n) is 6.24. The molecule has 1 aromatic heterocycles. The van der Waals surface area contributed by atoms with E-state index in [0.717, 1.165) is 0 Å². The molecular weight excluding hydrogens is 373 g/mol. The molecule has 0 saturated heterocycles. The number of anilines is 1. The zero-order chi connectivity index (χ0) is 20.4. The van der Waals surface area contributed by atoms with Crippen LogP contribution in [0.25, 0.3) is 16.6 Å². The molecule has 1 heterocycles. The van der Waals surface area contributed by atoms with Gasteiger partial charge in [-0.3, -0.25) is 9.59 Å². The molecular formula is C22H16FN3O3. The first-order valence-corrected chi connectivity index (χ1v) is 8.81. The van der Waals surface area contributed by atoms with Gasteiger partial charge in [0, 0.05) is 0 Å². The zero-order valence-electron chi connectivity index (χ0n) is 15.4. The number of carbonyl (C=O) groups is 1. The number of rotatable bonds is 4. The molecule has 3 aromatic carbocycles. The molecule has 6 nitrogen and oxygen atoms in total. The molecule has 0 fully saturated rings. The molecule has 4 rings (SSSR count). The first-order valence-electron chi connectivity index (χ1n) is 8.81. The van der Waals surface area contributed by atoms with E-state index >= 15 is 0 Å². The minimum atomic E-state index is -0.666.